The van der Waals surface area contributed by atoms with Crippen molar-refractivity contribution in [2.24, 2.45) is 5.92 Å². The number of aryl methyl sites for hydroxylation is 1. The summed E-state index contributed by atoms with van der Waals surface area (Å²) in [6.45, 7) is 3.48. The molecule has 1 fully saturated rings. The Labute approximate surface area is 238 Å². The zero-order chi connectivity index (χ0) is 29.5. The van der Waals surface area contributed by atoms with E-state index in [1.165, 1.54) is 47.0 Å². The number of ether oxygens (including phenoxy) is 1. The van der Waals surface area contributed by atoms with Gasteiger partial charge in [0, 0.05) is 29.1 Å². The first kappa shape index (κ1) is 26.9. The zero-order valence-electron chi connectivity index (χ0n) is 22.7. The van der Waals surface area contributed by atoms with Crippen molar-refractivity contribution in [3.05, 3.63) is 112 Å². The molecule has 42 heavy (non-hydrogen) atoms. The van der Waals surface area contributed by atoms with Crippen LogP contribution in [0, 0.1) is 31.4 Å². The van der Waals surface area contributed by atoms with Crippen LogP contribution in [0.1, 0.15) is 34.5 Å². The molecule has 2 amide bonds. The first-order chi connectivity index (χ1) is 20.2. The van der Waals surface area contributed by atoms with E-state index in [-0.39, 0.29) is 28.8 Å². The standard InChI is InChI=1S/C31H25F2N5O4/c1-17-13-24(31(41)38(18(17)2)22-8-5-20(32)6-9-22)30(40)34-21-7-11-26(25(33)14-21)42-23-10-12-28-35-27(16-37(28)15-23)36-29(39)19-3-4-19/h5-16,19H,3-4H2,1-2H3,(H,34,40)(H,36,39). The van der Waals surface area contributed by atoms with E-state index in [0.717, 1.165) is 18.9 Å². The number of carbonyl (C=O) groups excluding carboxylic acids is 2. The number of rotatable bonds is 7. The van der Waals surface area contributed by atoms with E-state index in [1.807, 2.05) is 0 Å². The number of nitrogens with one attached hydrogen (secondary N) is 2. The van der Waals surface area contributed by atoms with Gasteiger partial charge < -0.3 is 19.8 Å². The molecule has 2 aromatic carbocycles. The van der Waals surface area contributed by atoms with Gasteiger partial charge in [0.05, 0.1) is 12.4 Å². The molecule has 3 heterocycles. The molecule has 0 aliphatic heterocycles. The maximum Gasteiger partial charge on any atom is 0.268 e. The molecule has 212 valence electrons. The van der Waals surface area contributed by atoms with Gasteiger partial charge >= 0.3 is 0 Å². The van der Waals surface area contributed by atoms with Crippen LogP contribution in [0.3, 0.4) is 0 Å². The molecule has 6 rings (SSSR count). The van der Waals surface area contributed by atoms with Crippen LogP contribution in [-0.2, 0) is 4.79 Å². The van der Waals surface area contributed by atoms with Crippen molar-refractivity contribution >= 4 is 29.0 Å². The van der Waals surface area contributed by atoms with Gasteiger partial charge in [-0.3, -0.25) is 19.0 Å². The number of amides is 2. The molecule has 1 aliphatic rings. The number of imidazole rings is 1. The van der Waals surface area contributed by atoms with Gasteiger partial charge in [-0.1, -0.05) is 0 Å². The number of nitrogens with zero attached hydrogens (tertiary/aromatic N) is 3. The quantitative estimate of drug-likeness (QED) is 0.259. The number of pyridine rings is 2. The van der Waals surface area contributed by atoms with Crippen molar-refractivity contribution in [2.75, 3.05) is 10.6 Å². The molecule has 5 aromatic rings. The second-order valence-electron chi connectivity index (χ2n) is 10.2. The van der Waals surface area contributed by atoms with Gasteiger partial charge in [-0.25, -0.2) is 13.8 Å². The maximum atomic E-state index is 15.0. The van der Waals surface area contributed by atoms with E-state index >= 15 is 4.39 Å². The van der Waals surface area contributed by atoms with Crippen molar-refractivity contribution in [1.82, 2.24) is 14.0 Å². The summed E-state index contributed by atoms with van der Waals surface area (Å²) >= 11 is 0. The summed E-state index contributed by atoms with van der Waals surface area (Å²) < 4.78 is 37.2. The number of benzene rings is 2. The Kier molecular flexibility index (Phi) is 6.77. The van der Waals surface area contributed by atoms with Gasteiger partial charge in [-0.05, 0) is 86.8 Å². The first-order valence-corrected chi connectivity index (χ1v) is 13.2. The summed E-state index contributed by atoms with van der Waals surface area (Å²) in [6.07, 6.45) is 5.02. The van der Waals surface area contributed by atoms with E-state index in [2.05, 4.69) is 15.6 Å². The van der Waals surface area contributed by atoms with Crippen molar-refractivity contribution in [3.8, 4) is 17.2 Å². The predicted molar refractivity (Wildman–Crippen MR) is 152 cm³/mol. The van der Waals surface area contributed by atoms with Crippen LogP contribution in [0.4, 0.5) is 20.3 Å². The smallest absolute Gasteiger partial charge is 0.268 e. The third-order valence-electron chi connectivity index (χ3n) is 7.07. The lowest BCUT2D eigenvalue weighted by molar-refractivity contribution is -0.117. The fourth-order valence-electron chi connectivity index (χ4n) is 4.55. The Morgan fingerprint density at radius 1 is 0.952 bits per heavy atom. The van der Waals surface area contributed by atoms with E-state index in [9.17, 15) is 18.8 Å². The lowest BCUT2D eigenvalue weighted by atomic mass is 10.1. The minimum atomic E-state index is -0.736. The Hall–Kier alpha value is -5.32. The highest BCUT2D eigenvalue weighted by Crippen LogP contribution is 2.31. The summed E-state index contributed by atoms with van der Waals surface area (Å²) in [5.41, 5.74) is 1.65. The summed E-state index contributed by atoms with van der Waals surface area (Å²) in [7, 11) is 0. The highest BCUT2D eigenvalue weighted by atomic mass is 19.1. The number of hydrogen-bond acceptors (Lipinski definition) is 5. The van der Waals surface area contributed by atoms with Crippen molar-refractivity contribution in [2.45, 2.75) is 26.7 Å². The fraction of sp³-hybridized carbons (Fsp3) is 0.161. The molecule has 9 nitrogen and oxygen atoms in total. The van der Waals surface area contributed by atoms with Gasteiger partial charge in [0.25, 0.3) is 11.5 Å². The normalized spacial score (nSPS) is 12.8. The number of halogens is 2. The SMILES string of the molecule is Cc1cc(C(=O)Nc2ccc(Oc3ccc4nc(NC(=O)C5CC5)cn4c3)c(F)c2)c(=O)n(-c2ccc(F)cc2)c1C. The minimum Gasteiger partial charge on any atom is -0.453 e. The molecule has 11 heteroatoms. The lowest BCUT2D eigenvalue weighted by Gasteiger charge is -2.15. The Morgan fingerprint density at radius 3 is 2.43 bits per heavy atom. The molecule has 2 N–H and O–H groups in total. The Balaban J connectivity index is 1.19. The molecular formula is C31H25F2N5O4. The summed E-state index contributed by atoms with van der Waals surface area (Å²) in [5.74, 6) is -1.25. The van der Waals surface area contributed by atoms with Crippen molar-refractivity contribution in [1.29, 1.82) is 0 Å². The molecule has 0 atom stereocenters. The number of hydrogen-bond donors (Lipinski definition) is 2. The highest BCUT2D eigenvalue weighted by Gasteiger charge is 2.30. The van der Waals surface area contributed by atoms with Gasteiger partial charge in [0.2, 0.25) is 5.91 Å². The molecule has 0 spiro atoms. The van der Waals surface area contributed by atoms with Gasteiger partial charge in [0.1, 0.15) is 22.8 Å². The van der Waals surface area contributed by atoms with Crippen LogP contribution in [0.15, 0.2) is 77.9 Å². The molecule has 0 saturated heterocycles. The van der Waals surface area contributed by atoms with E-state index in [4.69, 9.17) is 4.74 Å². The molecule has 1 aliphatic carbocycles. The highest BCUT2D eigenvalue weighted by molar-refractivity contribution is 6.04. The third kappa shape index (κ3) is 5.36. The van der Waals surface area contributed by atoms with E-state index in [0.29, 0.717) is 34.2 Å². The Bertz CT molecular complexity index is 1930. The maximum absolute atomic E-state index is 15.0. The Morgan fingerprint density at radius 2 is 1.71 bits per heavy atom. The van der Waals surface area contributed by atoms with Crippen LogP contribution < -0.4 is 20.9 Å². The number of aromatic nitrogens is 3. The van der Waals surface area contributed by atoms with Crippen LogP contribution in [-0.4, -0.2) is 25.8 Å². The van der Waals surface area contributed by atoms with E-state index < -0.39 is 23.1 Å². The summed E-state index contributed by atoms with van der Waals surface area (Å²) in [4.78, 5) is 42.7. The predicted octanol–water partition coefficient (Wildman–Crippen LogP) is 5.77. The first-order valence-electron chi connectivity index (χ1n) is 13.2. The van der Waals surface area contributed by atoms with Gasteiger partial charge in [-0.2, -0.15) is 0 Å². The average Bonchev–Trinajstić information content (AvgIpc) is 3.74. The summed E-state index contributed by atoms with van der Waals surface area (Å²) in [6, 6.07) is 14.0. The number of anilines is 2. The van der Waals surface area contributed by atoms with Gasteiger partial charge in [-0.15, -0.1) is 0 Å². The third-order valence-corrected chi connectivity index (χ3v) is 7.07. The van der Waals surface area contributed by atoms with Crippen LogP contribution in [0.25, 0.3) is 11.3 Å². The largest absolute Gasteiger partial charge is 0.453 e. The number of fused-ring (bicyclic) bond motifs is 1. The molecule has 3 aromatic heterocycles. The topological polar surface area (TPSA) is 107 Å². The molecular weight excluding hydrogens is 544 g/mol. The molecule has 0 unspecified atom stereocenters. The molecule has 0 radical (unpaired) electrons. The van der Waals surface area contributed by atoms with Crippen LogP contribution in [0.2, 0.25) is 0 Å². The van der Waals surface area contributed by atoms with Crippen molar-refractivity contribution < 1.29 is 23.1 Å². The lowest BCUT2D eigenvalue weighted by Crippen LogP contribution is -2.30. The van der Waals surface area contributed by atoms with Crippen LogP contribution in [0.5, 0.6) is 11.5 Å². The number of carbonyl (C=O) groups is 2. The summed E-state index contributed by atoms with van der Waals surface area (Å²) in [5, 5.41) is 5.35. The van der Waals surface area contributed by atoms with E-state index in [1.54, 1.807) is 42.8 Å². The second-order valence-corrected chi connectivity index (χ2v) is 10.2. The monoisotopic (exact) mass is 569 g/mol. The molecule has 0 bridgehead atoms. The van der Waals surface area contributed by atoms with Crippen molar-refractivity contribution in [3.63, 3.8) is 0 Å². The average molecular weight is 570 g/mol. The van der Waals surface area contributed by atoms with Gasteiger partial charge in [0.15, 0.2) is 17.4 Å². The molecule has 1 saturated carbocycles. The fourth-order valence-corrected chi connectivity index (χ4v) is 4.55. The zero-order valence-corrected chi connectivity index (χ0v) is 22.7. The minimum absolute atomic E-state index is 0.0468. The van der Waals surface area contributed by atoms with Crippen LogP contribution >= 0.6 is 0 Å². The second kappa shape index (κ2) is 10.6.